The van der Waals surface area contributed by atoms with Gasteiger partial charge in [-0.3, -0.25) is 5.32 Å². The summed E-state index contributed by atoms with van der Waals surface area (Å²) in [4.78, 5) is 0. The zero-order valence-corrected chi connectivity index (χ0v) is 3.52. The molecule has 0 spiro atoms. The van der Waals surface area contributed by atoms with Crippen LogP contribution in [0, 0.1) is 0 Å². The Labute approximate surface area is 36.5 Å². The zero-order valence-electron chi connectivity index (χ0n) is 3.52. The van der Waals surface area contributed by atoms with Crippen LogP contribution in [0.2, 0.25) is 0 Å². The molecule has 34 valence electrons. The lowest BCUT2D eigenvalue weighted by atomic mass is 10.6. The van der Waals surface area contributed by atoms with Gasteiger partial charge in [0.2, 0.25) is 0 Å². The lowest BCUT2D eigenvalue weighted by molar-refractivity contribution is 0.616. The summed E-state index contributed by atoms with van der Waals surface area (Å²) in [5, 5.41) is 10.5. The summed E-state index contributed by atoms with van der Waals surface area (Å²) < 4.78 is 0. The van der Waals surface area contributed by atoms with E-state index in [0.717, 1.165) is 13.1 Å². The molecular weight excluding hydrogens is 78.1 g/mol. The summed E-state index contributed by atoms with van der Waals surface area (Å²) in [6.45, 7) is 2.55. The SMILES string of the molecule is C1CNCN=N1. The Hall–Kier alpha value is -0.440. The summed E-state index contributed by atoms with van der Waals surface area (Å²) in [6, 6.07) is 0. The van der Waals surface area contributed by atoms with Gasteiger partial charge in [0, 0.05) is 6.54 Å². The van der Waals surface area contributed by atoms with E-state index in [9.17, 15) is 0 Å². The molecule has 0 amide bonds. The van der Waals surface area contributed by atoms with E-state index in [1.807, 2.05) is 0 Å². The molecule has 3 nitrogen and oxygen atoms in total. The number of azo groups is 1. The van der Waals surface area contributed by atoms with Crippen LogP contribution in [0.1, 0.15) is 0 Å². The Morgan fingerprint density at radius 3 is 2.50 bits per heavy atom. The molecule has 1 aliphatic heterocycles. The Kier molecular flexibility index (Phi) is 1.17. The summed E-state index contributed by atoms with van der Waals surface area (Å²) in [7, 11) is 0. The van der Waals surface area contributed by atoms with Crippen LogP contribution in [-0.4, -0.2) is 19.8 Å². The van der Waals surface area contributed by atoms with Gasteiger partial charge in [-0.1, -0.05) is 0 Å². The van der Waals surface area contributed by atoms with E-state index in [4.69, 9.17) is 0 Å². The first kappa shape index (κ1) is 3.74. The Morgan fingerprint density at radius 2 is 2.33 bits per heavy atom. The monoisotopic (exact) mass is 85.1 g/mol. The largest absolute Gasteiger partial charge is 0.295 e. The maximum Gasteiger partial charge on any atom is 0.110 e. The van der Waals surface area contributed by atoms with Crippen molar-refractivity contribution >= 4 is 0 Å². The number of hydrogen-bond donors (Lipinski definition) is 1. The van der Waals surface area contributed by atoms with Crippen LogP contribution in [0.4, 0.5) is 0 Å². The molecule has 0 atom stereocenters. The van der Waals surface area contributed by atoms with Gasteiger partial charge >= 0.3 is 0 Å². The lowest BCUT2D eigenvalue weighted by Gasteiger charge is -1.99. The average Bonchev–Trinajstić information content (AvgIpc) is 1.72. The van der Waals surface area contributed by atoms with Crippen molar-refractivity contribution in [3.05, 3.63) is 0 Å². The Morgan fingerprint density at radius 1 is 1.33 bits per heavy atom. The molecule has 0 radical (unpaired) electrons. The number of hydrogen-bond acceptors (Lipinski definition) is 3. The molecule has 0 aliphatic carbocycles. The van der Waals surface area contributed by atoms with Gasteiger partial charge in [0.1, 0.15) is 6.67 Å². The minimum absolute atomic E-state index is 0.708. The molecule has 6 heavy (non-hydrogen) atoms. The summed E-state index contributed by atoms with van der Waals surface area (Å²) in [6.07, 6.45) is 0. The fraction of sp³-hybridized carbons (Fsp3) is 1.00. The predicted octanol–water partition coefficient (Wildman–Crippen LogP) is -0.000700. The van der Waals surface area contributed by atoms with Crippen LogP contribution >= 0.6 is 0 Å². The molecule has 1 aliphatic rings. The minimum Gasteiger partial charge on any atom is -0.295 e. The second-order valence-electron chi connectivity index (χ2n) is 1.16. The van der Waals surface area contributed by atoms with Crippen LogP contribution in [0.3, 0.4) is 0 Å². The first-order valence-electron chi connectivity index (χ1n) is 2.04. The smallest absolute Gasteiger partial charge is 0.110 e. The van der Waals surface area contributed by atoms with Crippen molar-refractivity contribution in [3.63, 3.8) is 0 Å². The second kappa shape index (κ2) is 1.87. The quantitative estimate of drug-likeness (QED) is 0.441. The van der Waals surface area contributed by atoms with Crippen molar-refractivity contribution in [2.75, 3.05) is 19.8 Å². The van der Waals surface area contributed by atoms with Crippen molar-refractivity contribution in [1.29, 1.82) is 0 Å². The van der Waals surface area contributed by atoms with Gasteiger partial charge in [0.25, 0.3) is 0 Å². The molecule has 0 bridgehead atoms. The average molecular weight is 85.1 g/mol. The molecule has 0 saturated heterocycles. The third kappa shape index (κ3) is 0.755. The molecule has 1 heterocycles. The fourth-order valence-corrected chi connectivity index (χ4v) is 0.379. The van der Waals surface area contributed by atoms with Crippen LogP contribution in [0.15, 0.2) is 10.2 Å². The fourth-order valence-electron chi connectivity index (χ4n) is 0.379. The van der Waals surface area contributed by atoms with E-state index in [1.165, 1.54) is 0 Å². The van der Waals surface area contributed by atoms with Gasteiger partial charge in [-0.15, -0.1) is 0 Å². The molecule has 0 fully saturated rings. The summed E-state index contributed by atoms with van der Waals surface area (Å²) in [5.74, 6) is 0. The molecule has 1 N–H and O–H groups in total. The lowest BCUT2D eigenvalue weighted by Crippen LogP contribution is -2.20. The van der Waals surface area contributed by atoms with Gasteiger partial charge in [0.05, 0.1) is 6.54 Å². The van der Waals surface area contributed by atoms with Gasteiger partial charge in [0.15, 0.2) is 0 Å². The third-order valence-electron chi connectivity index (χ3n) is 0.671. The second-order valence-corrected chi connectivity index (χ2v) is 1.16. The maximum atomic E-state index is 3.74. The molecule has 3 heteroatoms. The Balaban J connectivity index is 2.26. The predicted molar refractivity (Wildman–Crippen MR) is 22.6 cm³/mol. The molecule has 0 aromatic heterocycles. The van der Waals surface area contributed by atoms with Gasteiger partial charge < -0.3 is 0 Å². The van der Waals surface area contributed by atoms with E-state index in [1.54, 1.807) is 0 Å². The van der Waals surface area contributed by atoms with E-state index >= 15 is 0 Å². The molecule has 0 saturated carbocycles. The van der Waals surface area contributed by atoms with E-state index < -0.39 is 0 Å². The van der Waals surface area contributed by atoms with Crippen LogP contribution in [0.25, 0.3) is 0 Å². The van der Waals surface area contributed by atoms with Gasteiger partial charge in [-0.25, -0.2) is 0 Å². The molecule has 0 unspecified atom stereocenters. The highest BCUT2D eigenvalue weighted by atomic mass is 15.2. The molecule has 0 aromatic carbocycles. The van der Waals surface area contributed by atoms with Crippen molar-refractivity contribution in [2.24, 2.45) is 10.2 Å². The van der Waals surface area contributed by atoms with Crippen molar-refractivity contribution in [2.45, 2.75) is 0 Å². The summed E-state index contributed by atoms with van der Waals surface area (Å²) in [5.41, 5.74) is 0. The van der Waals surface area contributed by atoms with Gasteiger partial charge in [-0.05, 0) is 0 Å². The standard InChI is InChI=1S/C3H7N3/c1-2-5-6-3-4-1/h4H,1-3H2. The number of rotatable bonds is 0. The van der Waals surface area contributed by atoms with Crippen molar-refractivity contribution in [3.8, 4) is 0 Å². The zero-order chi connectivity index (χ0) is 4.24. The molecule has 1 rings (SSSR count). The maximum absolute atomic E-state index is 3.74. The Bertz CT molecular complexity index is 51.1. The highest BCUT2D eigenvalue weighted by molar-refractivity contribution is 4.50. The van der Waals surface area contributed by atoms with Gasteiger partial charge in [-0.2, -0.15) is 10.2 Å². The minimum atomic E-state index is 0.708. The van der Waals surface area contributed by atoms with Crippen LogP contribution < -0.4 is 5.32 Å². The first-order chi connectivity index (χ1) is 3.00. The van der Waals surface area contributed by atoms with Crippen LogP contribution in [0.5, 0.6) is 0 Å². The number of nitrogens with zero attached hydrogens (tertiary/aromatic N) is 2. The normalized spacial score (nSPS) is 21.3. The molecular formula is C3H7N3. The highest BCUT2D eigenvalue weighted by Gasteiger charge is 1.86. The van der Waals surface area contributed by atoms with E-state index in [0.29, 0.717) is 6.67 Å². The number of nitrogens with one attached hydrogen (secondary N) is 1. The summed E-state index contributed by atoms with van der Waals surface area (Å²) >= 11 is 0. The van der Waals surface area contributed by atoms with Crippen LogP contribution in [-0.2, 0) is 0 Å². The first-order valence-corrected chi connectivity index (χ1v) is 2.04. The third-order valence-corrected chi connectivity index (χ3v) is 0.671. The van der Waals surface area contributed by atoms with E-state index in [-0.39, 0.29) is 0 Å². The van der Waals surface area contributed by atoms with Crippen molar-refractivity contribution < 1.29 is 0 Å². The topological polar surface area (TPSA) is 36.8 Å². The highest BCUT2D eigenvalue weighted by Crippen LogP contribution is 1.77. The molecule has 0 aromatic rings. The van der Waals surface area contributed by atoms with E-state index in [2.05, 4.69) is 15.5 Å². The van der Waals surface area contributed by atoms with Crippen molar-refractivity contribution in [1.82, 2.24) is 5.32 Å².